The average molecular weight is 355 g/mol. The van der Waals surface area contributed by atoms with Crippen molar-refractivity contribution in [2.45, 2.75) is 20.5 Å². The Morgan fingerprint density at radius 3 is 2.59 bits per heavy atom. The Morgan fingerprint density at radius 2 is 1.89 bits per heavy atom. The van der Waals surface area contributed by atoms with Crippen LogP contribution in [0.2, 0.25) is 0 Å². The van der Waals surface area contributed by atoms with E-state index in [9.17, 15) is 0 Å². The molecule has 6 nitrogen and oxygen atoms in total. The zero-order valence-electron chi connectivity index (χ0n) is 15.0. The van der Waals surface area contributed by atoms with Gasteiger partial charge in [-0.15, -0.1) is 0 Å². The lowest BCUT2D eigenvalue weighted by atomic mass is 10.1. The summed E-state index contributed by atoms with van der Waals surface area (Å²) in [5.74, 6) is 1.51. The Kier molecular flexibility index (Phi) is 4.27. The van der Waals surface area contributed by atoms with Gasteiger partial charge in [-0.05, 0) is 61.9 Å². The van der Waals surface area contributed by atoms with Crippen molar-refractivity contribution in [1.82, 2.24) is 19.6 Å². The van der Waals surface area contributed by atoms with Crippen LogP contribution in [0, 0.1) is 25.2 Å². The Labute approximate surface area is 156 Å². The lowest BCUT2D eigenvalue weighted by molar-refractivity contribution is 0.306. The van der Waals surface area contributed by atoms with E-state index in [0.29, 0.717) is 12.3 Å². The Morgan fingerprint density at radius 1 is 1.07 bits per heavy atom. The van der Waals surface area contributed by atoms with Crippen LogP contribution in [0.4, 0.5) is 0 Å². The first-order valence-corrected chi connectivity index (χ1v) is 8.55. The number of hydrogen-bond donors (Lipinski definition) is 0. The summed E-state index contributed by atoms with van der Waals surface area (Å²) >= 11 is 0. The predicted octanol–water partition coefficient (Wildman–Crippen LogP) is 3.86. The van der Waals surface area contributed by atoms with Crippen molar-refractivity contribution in [2.24, 2.45) is 0 Å². The molecule has 0 amide bonds. The minimum Gasteiger partial charge on any atom is -0.489 e. The van der Waals surface area contributed by atoms with Crippen LogP contribution in [0.15, 0.2) is 54.7 Å². The highest BCUT2D eigenvalue weighted by Gasteiger charge is 2.09. The average Bonchev–Trinajstić information content (AvgIpc) is 3.06. The van der Waals surface area contributed by atoms with Gasteiger partial charge in [0.1, 0.15) is 29.9 Å². The van der Waals surface area contributed by atoms with E-state index in [1.165, 1.54) is 0 Å². The number of ether oxygens (including phenoxy) is 1. The maximum absolute atomic E-state index is 8.79. The quantitative estimate of drug-likeness (QED) is 0.555. The van der Waals surface area contributed by atoms with Gasteiger partial charge in [0.15, 0.2) is 5.65 Å². The van der Waals surface area contributed by atoms with Crippen molar-refractivity contribution in [1.29, 1.82) is 5.26 Å². The van der Waals surface area contributed by atoms with Gasteiger partial charge in [0.2, 0.25) is 0 Å². The SMILES string of the molecule is Cc1cc(-c2ccc(OCc3ccc(C#N)nc3)cc2)n2nc(C)nc2c1. The fourth-order valence-corrected chi connectivity index (χ4v) is 2.89. The second-order valence-corrected chi connectivity index (χ2v) is 6.32. The number of pyridine rings is 2. The zero-order chi connectivity index (χ0) is 18.8. The van der Waals surface area contributed by atoms with Gasteiger partial charge < -0.3 is 4.74 Å². The number of aryl methyl sites for hydroxylation is 2. The van der Waals surface area contributed by atoms with Crippen molar-refractivity contribution in [2.75, 3.05) is 0 Å². The van der Waals surface area contributed by atoms with Crippen LogP contribution in [-0.2, 0) is 6.61 Å². The molecular formula is C21H17N5O. The second-order valence-electron chi connectivity index (χ2n) is 6.32. The van der Waals surface area contributed by atoms with Crippen molar-refractivity contribution in [3.8, 4) is 23.1 Å². The summed E-state index contributed by atoms with van der Waals surface area (Å²) in [6, 6.07) is 17.5. The maximum atomic E-state index is 8.79. The van der Waals surface area contributed by atoms with Gasteiger partial charge in [-0.1, -0.05) is 6.07 Å². The molecule has 0 bridgehead atoms. The molecule has 4 aromatic rings. The first-order valence-electron chi connectivity index (χ1n) is 8.55. The van der Waals surface area contributed by atoms with Crippen LogP contribution in [0.3, 0.4) is 0 Å². The molecule has 3 aromatic heterocycles. The molecule has 27 heavy (non-hydrogen) atoms. The number of rotatable bonds is 4. The molecule has 0 radical (unpaired) electrons. The van der Waals surface area contributed by atoms with E-state index in [4.69, 9.17) is 10.00 Å². The number of nitrogens with zero attached hydrogens (tertiary/aromatic N) is 5. The highest BCUT2D eigenvalue weighted by Crippen LogP contribution is 2.24. The molecule has 132 valence electrons. The van der Waals surface area contributed by atoms with Gasteiger partial charge in [-0.2, -0.15) is 10.4 Å². The number of fused-ring (bicyclic) bond motifs is 1. The van der Waals surface area contributed by atoms with Crippen molar-refractivity contribution in [3.63, 3.8) is 0 Å². The minimum absolute atomic E-state index is 0.398. The lowest BCUT2D eigenvalue weighted by Crippen LogP contribution is -1.98. The largest absolute Gasteiger partial charge is 0.489 e. The fourth-order valence-electron chi connectivity index (χ4n) is 2.89. The van der Waals surface area contributed by atoms with Crippen LogP contribution in [0.5, 0.6) is 5.75 Å². The van der Waals surface area contributed by atoms with Crippen LogP contribution < -0.4 is 4.74 Å². The van der Waals surface area contributed by atoms with Crippen molar-refractivity contribution >= 4 is 5.65 Å². The Hall–Kier alpha value is -3.72. The third-order valence-electron chi connectivity index (χ3n) is 4.18. The third kappa shape index (κ3) is 3.48. The van der Waals surface area contributed by atoms with Crippen LogP contribution >= 0.6 is 0 Å². The molecule has 1 aromatic carbocycles. The highest BCUT2D eigenvalue weighted by atomic mass is 16.5. The summed E-state index contributed by atoms with van der Waals surface area (Å²) in [7, 11) is 0. The summed E-state index contributed by atoms with van der Waals surface area (Å²) in [4.78, 5) is 8.50. The predicted molar refractivity (Wildman–Crippen MR) is 101 cm³/mol. The number of hydrogen-bond acceptors (Lipinski definition) is 5. The van der Waals surface area contributed by atoms with Gasteiger partial charge in [-0.25, -0.2) is 14.5 Å². The van der Waals surface area contributed by atoms with E-state index in [0.717, 1.165) is 39.6 Å². The van der Waals surface area contributed by atoms with Crippen molar-refractivity contribution < 1.29 is 4.74 Å². The standard InChI is InChI=1S/C21H17N5O/c1-14-9-20(26-21(10-14)24-15(2)25-26)17-4-7-19(8-5-17)27-13-16-3-6-18(11-22)23-12-16/h3-10,12H,13H2,1-2H3. The molecular weight excluding hydrogens is 338 g/mol. The van der Waals surface area contributed by atoms with Gasteiger partial charge in [0.25, 0.3) is 0 Å². The third-order valence-corrected chi connectivity index (χ3v) is 4.18. The van der Waals surface area contributed by atoms with E-state index in [1.54, 1.807) is 12.3 Å². The van der Waals surface area contributed by atoms with E-state index in [1.807, 2.05) is 53.9 Å². The van der Waals surface area contributed by atoms with Gasteiger partial charge in [-0.3, -0.25) is 0 Å². The summed E-state index contributed by atoms with van der Waals surface area (Å²) in [6.07, 6.45) is 1.66. The van der Waals surface area contributed by atoms with Crippen LogP contribution in [-0.4, -0.2) is 19.6 Å². The number of aromatic nitrogens is 4. The minimum atomic E-state index is 0.398. The van der Waals surface area contributed by atoms with E-state index < -0.39 is 0 Å². The molecule has 3 heterocycles. The normalized spacial score (nSPS) is 10.7. The smallest absolute Gasteiger partial charge is 0.156 e. The second kappa shape index (κ2) is 6.89. The molecule has 0 spiro atoms. The zero-order valence-corrected chi connectivity index (χ0v) is 15.0. The molecule has 0 atom stereocenters. The summed E-state index contributed by atoms with van der Waals surface area (Å²) < 4.78 is 7.68. The van der Waals surface area contributed by atoms with Crippen LogP contribution in [0.25, 0.3) is 16.9 Å². The fraction of sp³-hybridized carbons (Fsp3) is 0.143. The summed E-state index contributed by atoms with van der Waals surface area (Å²) in [6.45, 7) is 4.34. The lowest BCUT2D eigenvalue weighted by Gasteiger charge is -2.09. The van der Waals surface area contributed by atoms with Gasteiger partial charge in [0, 0.05) is 17.3 Å². The van der Waals surface area contributed by atoms with Gasteiger partial charge >= 0.3 is 0 Å². The van der Waals surface area contributed by atoms with E-state index in [2.05, 4.69) is 28.1 Å². The number of benzene rings is 1. The summed E-state index contributed by atoms with van der Waals surface area (Å²) in [5.41, 5.74) is 5.33. The van der Waals surface area contributed by atoms with E-state index >= 15 is 0 Å². The first kappa shape index (κ1) is 16.7. The Balaban J connectivity index is 1.55. The highest BCUT2D eigenvalue weighted by molar-refractivity contribution is 5.65. The molecule has 6 heteroatoms. The maximum Gasteiger partial charge on any atom is 0.156 e. The molecule has 0 aliphatic heterocycles. The topological polar surface area (TPSA) is 76.1 Å². The summed E-state index contributed by atoms with van der Waals surface area (Å²) in [5, 5.41) is 13.3. The monoisotopic (exact) mass is 355 g/mol. The Bertz CT molecular complexity index is 1140. The van der Waals surface area contributed by atoms with Crippen molar-refractivity contribution in [3.05, 3.63) is 77.4 Å². The van der Waals surface area contributed by atoms with E-state index in [-0.39, 0.29) is 0 Å². The van der Waals surface area contributed by atoms with Crippen LogP contribution in [0.1, 0.15) is 22.6 Å². The molecule has 0 fully saturated rings. The molecule has 4 rings (SSSR count). The first-order chi connectivity index (χ1) is 13.1. The van der Waals surface area contributed by atoms with Gasteiger partial charge in [0.05, 0.1) is 5.69 Å². The molecule has 0 unspecified atom stereocenters. The molecule has 0 aliphatic rings. The molecule has 0 N–H and O–H groups in total. The molecule has 0 aliphatic carbocycles. The molecule has 0 saturated heterocycles. The number of nitriles is 1. The molecule has 0 saturated carbocycles.